The van der Waals surface area contributed by atoms with Gasteiger partial charge in [0.2, 0.25) is 5.88 Å². The van der Waals surface area contributed by atoms with Crippen LogP contribution < -0.4 is 29.9 Å². The second kappa shape index (κ2) is 10.3. The van der Waals surface area contributed by atoms with Gasteiger partial charge in [-0.3, -0.25) is 5.32 Å². The maximum absolute atomic E-state index is 12.8. The van der Waals surface area contributed by atoms with Crippen molar-refractivity contribution in [3.8, 4) is 11.9 Å². The highest BCUT2D eigenvalue weighted by Crippen LogP contribution is 2.32. The number of nitrogens with one attached hydrogen (secondary N) is 2. The van der Waals surface area contributed by atoms with Crippen LogP contribution >= 0.6 is 11.3 Å². The molecule has 1 aromatic carbocycles. The Morgan fingerprint density at radius 1 is 1.03 bits per heavy atom. The lowest BCUT2D eigenvalue weighted by molar-refractivity contribution is 0.123. The van der Waals surface area contributed by atoms with Gasteiger partial charge in [-0.2, -0.15) is 9.97 Å². The fourth-order valence-corrected chi connectivity index (χ4v) is 5.12. The van der Waals surface area contributed by atoms with Crippen LogP contribution in [-0.2, 0) is 17.7 Å². The topological polar surface area (TPSA) is 114 Å². The number of morpholine rings is 1. The van der Waals surface area contributed by atoms with Crippen LogP contribution in [0.5, 0.6) is 11.9 Å². The summed E-state index contributed by atoms with van der Waals surface area (Å²) in [5, 5.41) is 6.44. The van der Waals surface area contributed by atoms with E-state index in [9.17, 15) is 4.79 Å². The molecule has 2 amide bonds. The number of anilines is 4. The van der Waals surface area contributed by atoms with Crippen molar-refractivity contribution in [2.75, 3.05) is 67.5 Å². The number of amides is 2. The summed E-state index contributed by atoms with van der Waals surface area (Å²) in [7, 11) is 3.09. The number of methoxy groups -OCH3 is 2. The molecule has 0 atom stereocenters. The lowest BCUT2D eigenvalue weighted by Gasteiger charge is -2.30. The summed E-state index contributed by atoms with van der Waals surface area (Å²) in [4.78, 5) is 31.5. The van der Waals surface area contributed by atoms with E-state index in [-0.39, 0.29) is 12.0 Å². The Balaban J connectivity index is 1.26. The lowest BCUT2D eigenvalue weighted by Crippen LogP contribution is -2.36. The van der Waals surface area contributed by atoms with Crippen LogP contribution in [-0.4, -0.2) is 68.1 Å². The molecule has 5 rings (SSSR count). The molecule has 4 heterocycles. The van der Waals surface area contributed by atoms with Gasteiger partial charge >= 0.3 is 12.0 Å². The predicted molar refractivity (Wildman–Crippen MR) is 134 cm³/mol. The third kappa shape index (κ3) is 5.23. The number of carbonyl (C=O) groups is 1. The van der Waals surface area contributed by atoms with E-state index in [1.807, 2.05) is 24.3 Å². The Hall–Kier alpha value is -3.64. The number of para-hydroxylation sites is 2. The highest BCUT2D eigenvalue weighted by atomic mass is 32.1. The molecule has 3 aromatic rings. The first-order valence-corrected chi connectivity index (χ1v) is 12.1. The minimum atomic E-state index is -0.320. The Bertz CT molecular complexity index is 1180. The van der Waals surface area contributed by atoms with E-state index in [1.54, 1.807) is 13.2 Å². The number of hydrogen-bond donors (Lipinski definition) is 2. The Labute approximate surface area is 207 Å². The van der Waals surface area contributed by atoms with Gasteiger partial charge in [0.05, 0.1) is 51.0 Å². The molecule has 0 radical (unpaired) electrons. The summed E-state index contributed by atoms with van der Waals surface area (Å²) in [6.07, 6.45) is 0.740. The quantitative estimate of drug-likeness (QED) is 0.530. The van der Waals surface area contributed by atoms with Crippen molar-refractivity contribution < 1.29 is 19.0 Å². The third-order valence-electron chi connectivity index (χ3n) is 5.84. The van der Waals surface area contributed by atoms with Crippen molar-refractivity contribution in [3.63, 3.8) is 0 Å². The number of benzene rings is 1. The van der Waals surface area contributed by atoms with E-state index in [0.717, 1.165) is 53.8 Å². The molecule has 1 fully saturated rings. The molecule has 2 N–H and O–H groups in total. The Morgan fingerprint density at radius 3 is 2.66 bits per heavy atom. The van der Waals surface area contributed by atoms with Crippen molar-refractivity contribution in [3.05, 3.63) is 40.9 Å². The molecule has 0 unspecified atom stereocenters. The van der Waals surface area contributed by atoms with Crippen molar-refractivity contribution in [2.24, 2.45) is 0 Å². The molecule has 11 nitrogen and oxygen atoms in total. The van der Waals surface area contributed by atoms with E-state index in [2.05, 4.69) is 35.4 Å². The summed E-state index contributed by atoms with van der Waals surface area (Å²) in [5.41, 5.74) is 2.73. The van der Waals surface area contributed by atoms with Gasteiger partial charge in [-0.25, -0.2) is 9.78 Å². The number of urea groups is 1. The maximum Gasteiger partial charge on any atom is 0.325 e. The van der Waals surface area contributed by atoms with E-state index in [0.29, 0.717) is 30.8 Å². The Kier molecular flexibility index (Phi) is 6.82. The zero-order chi connectivity index (χ0) is 24.2. The summed E-state index contributed by atoms with van der Waals surface area (Å²) >= 11 is 1.47. The highest BCUT2D eigenvalue weighted by Gasteiger charge is 2.24. The monoisotopic (exact) mass is 497 g/mol. The van der Waals surface area contributed by atoms with Gasteiger partial charge in [0, 0.05) is 37.0 Å². The molecule has 12 heteroatoms. The summed E-state index contributed by atoms with van der Waals surface area (Å²) in [5.74, 6) is 1.16. The molecular formula is C23H27N7O4S. The number of fused-ring (bicyclic) bond motifs is 1. The number of thiazole rings is 1. The first-order valence-electron chi connectivity index (χ1n) is 11.3. The van der Waals surface area contributed by atoms with E-state index in [4.69, 9.17) is 14.2 Å². The summed E-state index contributed by atoms with van der Waals surface area (Å²) < 4.78 is 15.9. The highest BCUT2D eigenvalue weighted by molar-refractivity contribution is 7.15. The van der Waals surface area contributed by atoms with Gasteiger partial charge in [0.25, 0.3) is 0 Å². The number of aromatic nitrogens is 3. The number of hydrogen-bond acceptors (Lipinski definition) is 10. The van der Waals surface area contributed by atoms with Crippen LogP contribution in [0.2, 0.25) is 0 Å². The fraction of sp³-hybridized carbons (Fsp3) is 0.391. The molecule has 0 bridgehead atoms. The van der Waals surface area contributed by atoms with Gasteiger partial charge < -0.3 is 29.3 Å². The zero-order valence-corrected chi connectivity index (χ0v) is 20.4. The van der Waals surface area contributed by atoms with Crippen LogP contribution in [0.3, 0.4) is 0 Å². The molecule has 184 valence electrons. The van der Waals surface area contributed by atoms with Gasteiger partial charge in [-0.1, -0.05) is 23.5 Å². The van der Waals surface area contributed by atoms with E-state index >= 15 is 0 Å². The predicted octanol–water partition coefficient (Wildman–Crippen LogP) is 2.99. The van der Waals surface area contributed by atoms with Crippen LogP contribution in [0.15, 0.2) is 30.3 Å². The number of carbonyl (C=O) groups excluding carboxylic acids is 1. The van der Waals surface area contributed by atoms with Crippen molar-refractivity contribution in [1.29, 1.82) is 0 Å². The second-order valence-electron chi connectivity index (χ2n) is 8.01. The smallest absolute Gasteiger partial charge is 0.325 e. The minimum absolute atomic E-state index is 0.255. The molecule has 35 heavy (non-hydrogen) atoms. The zero-order valence-electron chi connectivity index (χ0n) is 19.6. The van der Waals surface area contributed by atoms with Crippen molar-refractivity contribution >= 4 is 39.7 Å². The SMILES string of the molecule is COc1cc(N2CCc3nc(NC(=O)Nc4ccccc4N4CCOCC4)sc3C2)nc(OC)n1. The molecule has 2 aromatic heterocycles. The van der Waals surface area contributed by atoms with E-state index < -0.39 is 0 Å². The number of ether oxygens (including phenoxy) is 3. The van der Waals surface area contributed by atoms with Crippen LogP contribution in [0.25, 0.3) is 0 Å². The molecule has 0 saturated carbocycles. The molecule has 2 aliphatic heterocycles. The first kappa shape index (κ1) is 23.1. The van der Waals surface area contributed by atoms with Gasteiger partial charge in [0.1, 0.15) is 5.82 Å². The number of nitrogens with zero attached hydrogens (tertiary/aromatic N) is 5. The van der Waals surface area contributed by atoms with Crippen LogP contribution in [0.1, 0.15) is 10.6 Å². The maximum atomic E-state index is 12.8. The van der Waals surface area contributed by atoms with E-state index in [1.165, 1.54) is 18.4 Å². The average molecular weight is 498 g/mol. The standard InChI is InChI=1S/C23H27N7O4S/c1-32-20-13-19(26-22(27-20)33-2)30-8-7-16-18(14-30)35-23(25-16)28-21(31)24-15-5-3-4-6-17(15)29-9-11-34-12-10-29/h3-6,13H,7-12,14H2,1-2H3,(H2,24,25,28,31). The minimum Gasteiger partial charge on any atom is -0.481 e. The fourth-order valence-electron chi connectivity index (χ4n) is 4.10. The van der Waals surface area contributed by atoms with Gasteiger partial charge in [-0.05, 0) is 12.1 Å². The largest absolute Gasteiger partial charge is 0.481 e. The average Bonchev–Trinajstić information content (AvgIpc) is 3.30. The van der Waals surface area contributed by atoms with Crippen LogP contribution in [0.4, 0.5) is 27.1 Å². The van der Waals surface area contributed by atoms with Gasteiger partial charge in [0.15, 0.2) is 5.13 Å². The summed E-state index contributed by atoms with van der Waals surface area (Å²) in [6.45, 7) is 4.30. The Morgan fingerprint density at radius 2 is 1.86 bits per heavy atom. The van der Waals surface area contributed by atoms with Gasteiger partial charge in [-0.15, -0.1) is 0 Å². The third-order valence-corrected chi connectivity index (χ3v) is 6.84. The normalized spacial score (nSPS) is 15.4. The molecule has 1 saturated heterocycles. The lowest BCUT2D eigenvalue weighted by atomic mass is 10.2. The molecular weight excluding hydrogens is 470 g/mol. The van der Waals surface area contributed by atoms with Crippen molar-refractivity contribution in [1.82, 2.24) is 15.0 Å². The first-order chi connectivity index (χ1) is 17.1. The molecule has 2 aliphatic rings. The van der Waals surface area contributed by atoms with Crippen LogP contribution in [0, 0.1) is 0 Å². The van der Waals surface area contributed by atoms with Crippen molar-refractivity contribution in [2.45, 2.75) is 13.0 Å². The summed E-state index contributed by atoms with van der Waals surface area (Å²) in [6, 6.07) is 9.51. The molecule has 0 spiro atoms. The number of rotatable bonds is 6. The molecule has 0 aliphatic carbocycles. The second-order valence-corrected chi connectivity index (χ2v) is 9.09.